The summed E-state index contributed by atoms with van der Waals surface area (Å²) in [6, 6.07) is 4.88. The van der Waals surface area contributed by atoms with Crippen molar-refractivity contribution >= 4 is 0 Å². The van der Waals surface area contributed by atoms with Gasteiger partial charge in [0.1, 0.15) is 0 Å². The van der Waals surface area contributed by atoms with E-state index in [1.807, 2.05) is 0 Å². The SMILES string of the molecule is NC1CCc2c1ccc1c2CCC1. The monoisotopic (exact) mass is 173 g/mol. The van der Waals surface area contributed by atoms with Gasteiger partial charge in [-0.3, -0.25) is 0 Å². The number of nitrogens with two attached hydrogens (primary N) is 1. The molecular weight excluding hydrogens is 158 g/mol. The number of hydrogen-bond acceptors (Lipinski definition) is 1. The lowest BCUT2D eigenvalue weighted by Gasteiger charge is -2.08. The van der Waals surface area contributed by atoms with E-state index in [0.717, 1.165) is 6.42 Å². The maximum atomic E-state index is 6.04. The van der Waals surface area contributed by atoms with Crippen molar-refractivity contribution in [1.29, 1.82) is 0 Å². The Kier molecular flexibility index (Phi) is 1.50. The summed E-state index contributed by atoms with van der Waals surface area (Å²) in [6.45, 7) is 0. The summed E-state index contributed by atoms with van der Waals surface area (Å²) in [5.41, 5.74) is 12.3. The fourth-order valence-electron chi connectivity index (χ4n) is 2.86. The molecule has 2 aliphatic carbocycles. The van der Waals surface area contributed by atoms with Gasteiger partial charge in [0.05, 0.1) is 0 Å². The second-order valence-corrected chi connectivity index (χ2v) is 4.27. The van der Waals surface area contributed by atoms with E-state index in [1.165, 1.54) is 31.2 Å². The highest BCUT2D eigenvalue weighted by atomic mass is 14.6. The molecule has 3 rings (SSSR count). The molecule has 0 aliphatic heterocycles. The molecule has 1 unspecified atom stereocenters. The van der Waals surface area contributed by atoms with Crippen molar-refractivity contribution in [2.24, 2.45) is 5.73 Å². The predicted molar refractivity (Wildman–Crippen MR) is 53.7 cm³/mol. The first-order chi connectivity index (χ1) is 6.36. The van der Waals surface area contributed by atoms with Crippen molar-refractivity contribution in [3.05, 3.63) is 34.4 Å². The molecule has 68 valence electrons. The number of hydrogen-bond donors (Lipinski definition) is 1. The molecule has 1 atom stereocenters. The van der Waals surface area contributed by atoms with Crippen molar-refractivity contribution in [3.63, 3.8) is 0 Å². The standard InChI is InChI=1S/C12H15N/c13-12-7-6-10-9-3-1-2-8(9)4-5-11(10)12/h4-5,12H,1-3,6-7,13H2. The first kappa shape index (κ1) is 7.57. The van der Waals surface area contributed by atoms with E-state index in [-0.39, 0.29) is 0 Å². The Bertz CT molecular complexity index is 354. The summed E-state index contributed by atoms with van der Waals surface area (Å²) in [7, 11) is 0. The van der Waals surface area contributed by atoms with Crippen molar-refractivity contribution in [3.8, 4) is 0 Å². The van der Waals surface area contributed by atoms with Crippen LogP contribution in [0.25, 0.3) is 0 Å². The lowest BCUT2D eigenvalue weighted by Crippen LogP contribution is -2.05. The van der Waals surface area contributed by atoms with Crippen molar-refractivity contribution in [1.82, 2.24) is 0 Å². The molecule has 1 aromatic rings. The predicted octanol–water partition coefficient (Wildman–Crippen LogP) is 2.12. The van der Waals surface area contributed by atoms with Gasteiger partial charge < -0.3 is 5.73 Å². The lowest BCUT2D eigenvalue weighted by atomic mass is 9.99. The molecule has 2 aliphatic rings. The zero-order valence-corrected chi connectivity index (χ0v) is 7.84. The number of aryl methyl sites for hydroxylation is 1. The maximum absolute atomic E-state index is 6.04. The summed E-state index contributed by atoms with van der Waals surface area (Å²) in [5.74, 6) is 0. The Hall–Kier alpha value is -0.820. The minimum absolute atomic E-state index is 0.320. The van der Waals surface area contributed by atoms with Gasteiger partial charge in [-0.1, -0.05) is 12.1 Å². The van der Waals surface area contributed by atoms with Crippen LogP contribution >= 0.6 is 0 Å². The molecular formula is C12H15N. The summed E-state index contributed by atoms with van der Waals surface area (Å²) in [4.78, 5) is 0. The van der Waals surface area contributed by atoms with Crippen LogP contribution < -0.4 is 5.73 Å². The molecule has 0 spiro atoms. The van der Waals surface area contributed by atoms with Crippen LogP contribution in [0.2, 0.25) is 0 Å². The van der Waals surface area contributed by atoms with Crippen LogP contribution in [0.3, 0.4) is 0 Å². The van der Waals surface area contributed by atoms with Gasteiger partial charge in [-0.2, -0.15) is 0 Å². The first-order valence-corrected chi connectivity index (χ1v) is 5.25. The van der Waals surface area contributed by atoms with E-state index in [0.29, 0.717) is 6.04 Å². The summed E-state index contributed by atoms with van der Waals surface area (Å²) < 4.78 is 0. The van der Waals surface area contributed by atoms with Crippen LogP contribution in [0, 0.1) is 0 Å². The van der Waals surface area contributed by atoms with Gasteiger partial charge >= 0.3 is 0 Å². The molecule has 0 saturated heterocycles. The Labute approximate surface area is 78.9 Å². The van der Waals surface area contributed by atoms with Crippen LogP contribution in [0.15, 0.2) is 12.1 Å². The quantitative estimate of drug-likeness (QED) is 0.639. The molecule has 0 aromatic heterocycles. The Morgan fingerprint density at radius 3 is 2.92 bits per heavy atom. The van der Waals surface area contributed by atoms with Crippen molar-refractivity contribution < 1.29 is 0 Å². The minimum Gasteiger partial charge on any atom is -0.324 e. The zero-order chi connectivity index (χ0) is 8.84. The molecule has 1 nitrogen and oxygen atoms in total. The highest BCUT2D eigenvalue weighted by molar-refractivity contribution is 5.47. The van der Waals surface area contributed by atoms with Crippen molar-refractivity contribution in [2.45, 2.75) is 38.1 Å². The van der Waals surface area contributed by atoms with E-state index in [2.05, 4.69) is 12.1 Å². The Morgan fingerprint density at radius 1 is 1.08 bits per heavy atom. The molecule has 0 fully saturated rings. The summed E-state index contributed by atoms with van der Waals surface area (Å²) >= 11 is 0. The molecule has 13 heavy (non-hydrogen) atoms. The van der Waals surface area contributed by atoms with Gasteiger partial charge in [-0.05, 0) is 54.4 Å². The molecule has 0 saturated carbocycles. The molecule has 1 heteroatoms. The lowest BCUT2D eigenvalue weighted by molar-refractivity contribution is 0.713. The number of fused-ring (bicyclic) bond motifs is 3. The van der Waals surface area contributed by atoms with Gasteiger partial charge in [0.15, 0.2) is 0 Å². The van der Waals surface area contributed by atoms with Crippen molar-refractivity contribution in [2.75, 3.05) is 0 Å². The fraction of sp³-hybridized carbons (Fsp3) is 0.500. The maximum Gasteiger partial charge on any atom is 0.0300 e. The second kappa shape index (κ2) is 2.58. The van der Waals surface area contributed by atoms with Crippen LogP contribution in [-0.2, 0) is 19.3 Å². The Morgan fingerprint density at radius 2 is 2.00 bits per heavy atom. The molecule has 0 heterocycles. The third kappa shape index (κ3) is 0.969. The van der Waals surface area contributed by atoms with E-state index in [4.69, 9.17) is 5.73 Å². The summed E-state index contributed by atoms with van der Waals surface area (Å²) in [5, 5.41) is 0. The zero-order valence-electron chi connectivity index (χ0n) is 7.84. The Balaban J connectivity index is 2.21. The van der Waals surface area contributed by atoms with E-state index >= 15 is 0 Å². The first-order valence-electron chi connectivity index (χ1n) is 5.25. The highest BCUT2D eigenvalue weighted by Crippen LogP contribution is 2.36. The third-order valence-corrected chi connectivity index (χ3v) is 3.54. The molecule has 0 bridgehead atoms. The van der Waals surface area contributed by atoms with Crippen LogP contribution in [0.4, 0.5) is 0 Å². The van der Waals surface area contributed by atoms with Gasteiger partial charge in [0.2, 0.25) is 0 Å². The smallest absolute Gasteiger partial charge is 0.0300 e. The number of rotatable bonds is 0. The van der Waals surface area contributed by atoms with E-state index < -0.39 is 0 Å². The largest absolute Gasteiger partial charge is 0.324 e. The summed E-state index contributed by atoms with van der Waals surface area (Å²) in [6.07, 6.45) is 6.32. The van der Waals surface area contributed by atoms with E-state index in [9.17, 15) is 0 Å². The molecule has 2 N–H and O–H groups in total. The average molecular weight is 173 g/mol. The van der Waals surface area contributed by atoms with Gasteiger partial charge in [-0.25, -0.2) is 0 Å². The molecule has 1 aromatic carbocycles. The number of benzene rings is 1. The van der Waals surface area contributed by atoms with E-state index in [1.54, 1.807) is 16.7 Å². The topological polar surface area (TPSA) is 26.0 Å². The third-order valence-electron chi connectivity index (χ3n) is 3.54. The average Bonchev–Trinajstić information content (AvgIpc) is 2.70. The molecule has 0 radical (unpaired) electrons. The van der Waals surface area contributed by atoms with Gasteiger partial charge in [0.25, 0.3) is 0 Å². The van der Waals surface area contributed by atoms with Gasteiger partial charge in [0, 0.05) is 6.04 Å². The second-order valence-electron chi connectivity index (χ2n) is 4.27. The van der Waals surface area contributed by atoms with Crippen LogP contribution in [-0.4, -0.2) is 0 Å². The highest BCUT2D eigenvalue weighted by Gasteiger charge is 2.24. The van der Waals surface area contributed by atoms with Crippen LogP contribution in [0.1, 0.15) is 41.1 Å². The minimum atomic E-state index is 0.320. The normalized spacial score (nSPS) is 24.5. The van der Waals surface area contributed by atoms with Crippen LogP contribution in [0.5, 0.6) is 0 Å². The molecule has 0 amide bonds. The van der Waals surface area contributed by atoms with Gasteiger partial charge in [-0.15, -0.1) is 0 Å². The fourth-order valence-corrected chi connectivity index (χ4v) is 2.86.